The molecule has 1 spiro atoms. The Labute approximate surface area is 178 Å². The summed E-state index contributed by atoms with van der Waals surface area (Å²) in [5, 5.41) is 4.41. The van der Waals surface area contributed by atoms with Crippen molar-refractivity contribution in [3.8, 4) is 0 Å². The second kappa shape index (κ2) is 6.75. The van der Waals surface area contributed by atoms with E-state index in [0.29, 0.717) is 44.3 Å². The van der Waals surface area contributed by atoms with Gasteiger partial charge in [-0.2, -0.15) is 5.10 Å². The third kappa shape index (κ3) is 2.85. The van der Waals surface area contributed by atoms with Crippen LogP contribution in [-0.2, 0) is 9.53 Å². The molecule has 3 aromatic rings. The number of carbonyl (C=O) groups excluding carboxylic acids is 1. The Hall–Kier alpha value is -3.00. The van der Waals surface area contributed by atoms with E-state index in [1.54, 1.807) is 11.1 Å². The number of hydrogen-bond donors (Lipinski definition) is 0. The van der Waals surface area contributed by atoms with Gasteiger partial charge in [-0.1, -0.05) is 6.07 Å². The molecule has 160 valence electrons. The van der Waals surface area contributed by atoms with Crippen LogP contribution in [0.25, 0.3) is 5.52 Å². The van der Waals surface area contributed by atoms with Gasteiger partial charge in [-0.3, -0.25) is 4.79 Å². The molecule has 0 N–H and O–H groups in total. The average Bonchev–Trinajstić information content (AvgIpc) is 3.45. The monoisotopic (exact) mass is 424 g/mol. The van der Waals surface area contributed by atoms with Crippen molar-refractivity contribution in [3.63, 3.8) is 0 Å². The number of halogens is 2. The largest absolute Gasteiger partial charge is 0.356 e. The number of nitrogens with zero attached hydrogens (tertiary/aromatic N) is 4. The Kier molecular flexibility index (Phi) is 4.08. The number of fused-ring (bicyclic) bond motifs is 2. The molecule has 6 rings (SSSR count). The molecule has 31 heavy (non-hydrogen) atoms. The fourth-order valence-electron chi connectivity index (χ4n) is 5.41. The number of benzene rings is 1. The first kappa shape index (κ1) is 18.7. The quantitative estimate of drug-likeness (QED) is 0.630. The molecule has 6 nitrogen and oxygen atoms in total. The summed E-state index contributed by atoms with van der Waals surface area (Å²) >= 11 is 0. The fraction of sp³-hybridized carbons (Fsp3) is 0.391. The van der Waals surface area contributed by atoms with Gasteiger partial charge in [-0.05, 0) is 48.7 Å². The van der Waals surface area contributed by atoms with Crippen LogP contribution in [0.1, 0.15) is 37.3 Å². The van der Waals surface area contributed by atoms with Gasteiger partial charge in [0, 0.05) is 32.0 Å². The van der Waals surface area contributed by atoms with Crippen molar-refractivity contribution in [2.45, 2.75) is 43.6 Å². The first-order valence-corrected chi connectivity index (χ1v) is 10.7. The number of carbonyl (C=O) groups is 1. The maximum Gasteiger partial charge on any atom is 0.257 e. The van der Waals surface area contributed by atoms with Crippen molar-refractivity contribution in [2.24, 2.45) is 0 Å². The average molecular weight is 424 g/mol. The molecule has 1 aromatic carbocycles. The molecule has 3 aliphatic heterocycles. The smallest absolute Gasteiger partial charge is 0.257 e. The van der Waals surface area contributed by atoms with E-state index in [-0.39, 0.29) is 18.2 Å². The lowest BCUT2D eigenvalue weighted by Crippen LogP contribution is -2.50. The minimum atomic E-state index is -0.857. The minimum absolute atomic E-state index is 0.0541. The van der Waals surface area contributed by atoms with Gasteiger partial charge in [0.1, 0.15) is 23.7 Å². The predicted octanol–water partition coefficient (Wildman–Crippen LogP) is 3.67. The van der Waals surface area contributed by atoms with Crippen molar-refractivity contribution >= 4 is 17.2 Å². The molecule has 0 aliphatic carbocycles. The first-order valence-electron chi connectivity index (χ1n) is 10.7. The second-order valence-electron chi connectivity index (χ2n) is 8.61. The van der Waals surface area contributed by atoms with E-state index in [1.165, 1.54) is 12.1 Å². The number of pyridine rings is 1. The van der Waals surface area contributed by atoms with Crippen molar-refractivity contribution in [3.05, 3.63) is 65.9 Å². The van der Waals surface area contributed by atoms with Crippen molar-refractivity contribution in [1.29, 1.82) is 0 Å². The molecule has 2 aromatic heterocycles. The maximum atomic E-state index is 13.8. The van der Waals surface area contributed by atoms with Crippen LogP contribution in [0.2, 0.25) is 0 Å². The van der Waals surface area contributed by atoms with Crippen LogP contribution in [0.5, 0.6) is 0 Å². The number of rotatable bonds is 2. The fourth-order valence-corrected chi connectivity index (χ4v) is 5.41. The Morgan fingerprint density at radius 3 is 2.58 bits per heavy atom. The van der Waals surface area contributed by atoms with E-state index < -0.39 is 17.2 Å². The zero-order valence-corrected chi connectivity index (χ0v) is 16.9. The highest BCUT2D eigenvalue weighted by molar-refractivity contribution is 5.88. The maximum absolute atomic E-state index is 13.8. The van der Waals surface area contributed by atoms with E-state index in [1.807, 2.05) is 28.8 Å². The number of hydrogen-bond acceptors (Lipinski definition) is 4. The van der Waals surface area contributed by atoms with Gasteiger partial charge in [-0.15, -0.1) is 0 Å². The van der Waals surface area contributed by atoms with Gasteiger partial charge in [0.25, 0.3) is 5.91 Å². The number of piperidine rings is 1. The third-order valence-corrected chi connectivity index (χ3v) is 6.89. The van der Waals surface area contributed by atoms with Gasteiger partial charge in [0.15, 0.2) is 5.60 Å². The Balaban J connectivity index is 1.24. The molecule has 3 fully saturated rings. The molecule has 5 heterocycles. The van der Waals surface area contributed by atoms with E-state index in [2.05, 4.69) is 10.00 Å². The van der Waals surface area contributed by atoms with Crippen LogP contribution in [-0.4, -0.2) is 45.3 Å². The normalized spacial score (nSPS) is 25.0. The Bertz CT molecular complexity index is 1150. The van der Waals surface area contributed by atoms with Gasteiger partial charge in [0.05, 0.1) is 17.8 Å². The lowest BCUT2D eigenvalue weighted by atomic mass is 9.89. The Morgan fingerprint density at radius 1 is 1.03 bits per heavy atom. The first-order chi connectivity index (χ1) is 15.0. The van der Waals surface area contributed by atoms with Gasteiger partial charge < -0.3 is 14.5 Å². The number of anilines is 1. The molecule has 3 aliphatic rings. The van der Waals surface area contributed by atoms with Crippen LogP contribution in [0.4, 0.5) is 14.6 Å². The van der Waals surface area contributed by atoms with Crippen molar-refractivity contribution in [1.82, 2.24) is 14.5 Å². The zero-order valence-electron chi connectivity index (χ0n) is 16.9. The van der Waals surface area contributed by atoms with Crippen LogP contribution < -0.4 is 4.90 Å². The molecular weight excluding hydrogens is 402 g/mol. The van der Waals surface area contributed by atoms with Crippen LogP contribution >= 0.6 is 0 Å². The summed E-state index contributed by atoms with van der Waals surface area (Å²) in [6, 6.07) is 11.2. The predicted molar refractivity (Wildman–Crippen MR) is 109 cm³/mol. The highest BCUT2D eigenvalue weighted by atomic mass is 19.1. The van der Waals surface area contributed by atoms with Gasteiger partial charge >= 0.3 is 0 Å². The van der Waals surface area contributed by atoms with Crippen LogP contribution in [0, 0.1) is 11.6 Å². The second-order valence-corrected chi connectivity index (χ2v) is 8.61. The lowest BCUT2D eigenvalue weighted by Gasteiger charge is -2.38. The van der Waals surface area contributed by atoms with Gasteiger partial charge in [0.2, 0.25) is 0 Å². The summed E-state index contributed by atoms with van der Waals surface area (Å²) < 4.78 is 35.8. The van der Waals surface area contributed by atoms with E-state index in [4.69, 9.17) is 4.74 Å². The van der Waals surface area contributed by atoms with Crippen molar-refractivity contribution in [2.75, 3.05) is 18.0 Å². The number of ether oxygens (including phenoxy) is 1. The van der Waals surface area contributed by atoms with Crippen LogP contribution in [0.3, 0.4) is 0 Å². The highest BCUT2D eigenvalue weighted by Gasteiger charge is 2.58. The lowest BCUT2D eigenvalue weighted by molar-refractivity contribution is -0.140. The van der Waals surface area contributed by atoms with Gasteiger partial charge in [-0.25, -0.2) is 13.3 Å². The SMILES string of the molecule is O=C1N2C(CCC2c2cc(F)cc(F)c2)OC12CCN(c1cccc3ccnn13)CC2. The molecule has 0 bridgehead atoms. The standard InChI is InChI=1S/C23H22F2N4O2/c24-16-12-15(13-17(25)14-16)19-4-5-21-28(19)22(30)23(31-21)7-10-27(11-8-23)20-3-1-2-18-6-9-26-29(18)20/h1-3,6,9,12-14,19,21H,4-5,7-8,10-11H2. The summed E-state index contributed by atoms with van der Waals surface area (Å²) in [4.78, 5) is 17.5. The summed E-state index contributed by atoms with van der Waals surface area (Å²) in [7, 11) is 0. The molecule has 3 saturated heterocycles. The third-order valence-electron chi connectivity index (χ3n) is 6.89. The zero-order chi connectivity index (χ0) is 21.2. The van der Waals surface area contributed by atoms with Crippen molar-refractivity contribution < 1.29 is 18.3 Å². The summed E-state index contributed by atoms with van der Waals surface area (Å²) in [6.45, 7) is 1.34. The Morgan fingerprint density at radius 2 is 1.81 bits per heavy atom. The molecule has 2 atom stereocenters. The van der Waals surface area contributed by atoms with E-state index in [9.17, 15) is 13.6 Å². The van der Waals surface area contributed by atoms with E-state index in [0.717, 1.165) is 17.4 Å². The molecular formula is C23H22F2N4O2. The molecule has 2 unspecified atom stereocenters. The number of aromatic nitrogens is 2. The highest BCUT2D eigenvalue weighted by Crippen LogP contribution is 2.48. The summed E-state index contributed by atoms with van der Waals surface area (Å²) in [5.74, 6) is -0.304. The summed E-state index contributed by atoms with van der Waals surface area (Å²) in [6.07, 6.45) is 3.90. The topological polar surface area (TPSA) is 50.1 Å². The molecule has 0 radical (unpaired) electrons. The summed E-state index contributed by atoms with van der Waals surface area (Å²) in [5.41, 5.74) is 0.664. The molecule has 0 saturated carbocycles. The van der Waals surface area contributed by atoms with Crippen LogP contribution in [0.15, 0.2) is 48.7 Å². The number of amides is 1. The molecule has 1 amide bonds. The molecule has 8 heteroatoms. The minimum Gasteiger partial charge on any atom is -0.356 e. The van der Waals surface area contributed by atoms with E-state index >= 15 is 0 Å².